The fourth-order valence-corrected chi connectivity index (χ4v) is 3.77. The predicted octanol–water partition coefficient (Wildman–Crippen LogP) is 2.37. The Kier molecular flexibility index (Phi) is 4.88. The van der Waals surface area contributed by atoms with Crippen molar-refractivity contribution < 1.29 is 12.9 Å². The van der Waals surface area contributed by atoms with Crippen LogP contribution in [0.25, 0.3) is 22.4 Å². The molecule has 144 valence electrons. The van der Waals surface area contributed by atoms with Gasteiger partial charge in [-0.25, -0.2) is 17.8 Å². The molecule has 1 N–H and O–H groups in total. The average molecular weight is 398 g/mol. The Hall–Kier alpha value is -3.11. The van der Waals surface area contributed by atoms with Crippen LogP contribution in [0.2, 0.25) is 0 Å². The van der Waals surface area contributed by atoms with Crippen LogP contribution >= 0.6 is 0 Å². The Morgan fingerprint density at radius 3 is 2.75 bits per heavy atom. The number of nitrogens with one attached hydrogen (secondary N) is 1. The molecule has 0 radical (unpaired) electrons. The van der Waals surface area contributed by atoms with E-state index >= 15 is 0 Å². The summed E-state index contributed by atoms with van der Waals surface area (Å²) in [6, 6.07) is 13.7. The maximum Gasteiger partial charge on any atom is 0.242 e. The number of rotatable bonds is 7. The van der Waals surface area contributed by atoms with Gasteiger partial charge in [0.05, 0.1) is 17.0 Å². The number of hydrogen-bond donors (Lipinski definition) is 1. The molecule has 4 rings (SSSR count). The van der Waals surface area contributed by atoms with Crippen molar-refractivity contribution in [3.8, 4) is 11.4 Å². The van der Waals surface area contributed by atoms with E-state index in [2.05, 4.69) is 32.1 Å². The zero-order valence-electron chi connectivity index (χ0n) is 15.1. The van der Waals surface area contributed by atoms with Crippen LogP contribution in [0, 0.1) is 0 Å². The molecule has 0 atom stereocenters. The second-order valence-electron chi connectivity index (χ2n) is 6.17. The fourth-order valence-electron chi connectivity index (χ4n) is 2.77. The van der Waals surface area contributed by atoms with Crippen LogP contribution in [0.3, 0.4) is 0 Å². The number of sulfonamides is 1. The summed E-state index contributed by atoms with van der Waals surface area (Å²) in [5, 5.41) is 12.2. The molecule has 28 heavy (non-hydrogen) atoms. The SMILES string of the molecule is CCCn1nnc2cc(-c3noc(CNS(=O)(=O)c4ccccc4)n3)ccc21. The minimum Gasteiger partial charge on any atom is -0.338 e. The van der Waals surface area contributed by atoms with Crippen LogP contribution in [0.5, 0.6) is 0 Å². The molecule has 0 saturated heterocycles. The highest BCUT2D eigenvalue weighted by molar-refractivity contribution is 7.89. The van der Waals surface area contributed by atoms with Gasteiger partial charge in [-0.1, -0.05) is 35.5 Å². The van der Waals surface area contributed by atoms with Crippen molar-refractivity contribution >= 4 is 21.1 Å². The minimum atomic E-state index is -3.64. The second kappa shape index (κ2) is 7.49. The van der Waals surface area contributed by atoms with E-state index in [0.717, 1.165) is 29.6 Å². The number of aromatic nitrogens is 5. The van der Waals surface area contributed by atoms with Crippen LogP contribution < -0.4 is 4.72 Å². The third-order valence-electron chi connectivity index (χ3n) is 4.14. The molecule has 0 amide bonds. The quantitative estimate of drug-likeness (QED) is 0.508. The molecule has 0 spiro atoms. The Balaban J connectivity index is 1.51. The van der Waals surface area contributed by atoms with E-state index < -0.39 is 10.0 Å². The van der Waals surface area contributed by atoms with E-state index in [0.29, 0.717) is 5.82 Å². The number of benzene rings is 2. The molecule has 0 fully saturated rings. The van der Waals surface area contributed by atoms with Gasteiger partial charge >= 0.3 is 0 Å². The molecular formula is C18H18N6O3S. The molecule has 0 aliphatic carbocycles. The number of aryl methyl sites for hydroxylation is 1. The van der Waals surface area contributed by atoms with Gasteiger partial charge in [0.2, 0.25) is 21.7 Å². The van der Waals surface area contributed by atoms with Crippen LogP contribution in [-0.4, -0.2) is 33.6 Å². The van der Waals surface area contributed by atoms with Crippen molar-refractivity contribution in [3.63, 3.8) is 0 Å². The van der Waals surface area contributed by atoms with Gasteiger partial charge in [-0.15, -0.1) is 5.10 Å². The highest BCUT2D eigenvalue weighted by atomic mass is 32.2. The van der Waals surface area contributed by atoms with Gasteiger partial charge in [-0.3, -0.25) is 0 Å². The van der Waals surface area contributed by atoms with Crippen LogP contribution in [0.4, 0.5) is 0 Å². The Bertz CT molecular complexity index is 1200. The van der Waals surface area contributed by atoms with Gasteiger partial charge in [-0.05, 0) is 36.8 Å². The molecule has 2 aromatic heterocycles. The lowest BCUT2D eigenvalue weighted by atomic mass is 10.2. The molecule has 9 nitrogen and oxygen atoms in total. The first-order chi connectivity index (χ1) is 13.6. The molecule has 2 aromatic carbocycles. The number of fused-ring (bicyclic) bond motifs is 1. The van der Waals surface area contributed by atoms with Gasteiger partial charge < -0.3 is 4.52 Å². The third-order valence-corrected chi connectivity index (χ3v) is 5.56. The summed E-state index contributed by atoms with van der Waals surface area (Å²) in [6.45, 7) is 2.78. The smallest absolute Gasteiger partial charge is 0.242 e. The predicted molar refractivity (Wildman–Crippen MR) is 102 cm³/mol. The zero-order valence-corrected chi connectivity index (χ0v) is 15.9. The maximum absolute atomic E-state index is 12.3. The molecule has 0 unspecified atom stereocenters. The monoisotopic (exact) mass is 398 g/mol. The topological polar surface area (TPSA) is 116 Å². The Morgan fingerprint density at radius 2 is 1.96 bits per heavy atom. The summed E-state index contributed by atoms with van der Waals surface area (Å²) in [7, 11) is -3.64. The van der Waals surface area contributed by atoms with Gasteiger partial charge in [0, 0.05) is 12.1 Å². The van der Waals surface area contributed by atoms with Gasteiger partial charge in [0.25, 0.3) is 0 Å². The first kappa shape index (κ1) is 18.3. The fraction of sp³-hybridized carbons (Fsp3) is 0.222. The average Bonchev–Trinajstić information content (AvgIpc) is 3.34. The standard InChI is InChI=1S/C18H18N6O3S/c1-2-10-24-16-9-8-13(11-15(16)21-23-24)18-20-17(27-22-18)12-19-28(25,26)14-6-4-3-5-7-14/h3-9,11,19H,2,10,12H2,1H3. The zero-order chi connectivity index (χ0) is 19.6. The van der Waals surface area contributed by atoms with Crippen LogP contribution in [-0.2, 0) is 23.1 Å². The van der Waals surface area contributed by atoms with Crippen LogP contribution in [0.15, 0.2) is 57.9 Å². The molecule has 10 heteroatoms. The summed E-state index contributed by atoms with van der Waals surface area (Å²) in [4.78, 5) is 4.44. The molecule has 0 bridgehead atoms. The van der Waals surface area contributed by atoms with E-state index in [-0.39, 0.29) is 17.3 Å². The highest BCUT2D eigenvalue weighted by Crippen LogP contribution is 2.21. The first-order valence-corrected chi connectivity index (χ1v) is 10.3. The summed E-state index contributed by atoms with van der Waals surface area (Å²) < 4.78 is 34.0. The molecular weight excluding hydrogens is 380 g/mol. The molecule has 0 aliphatic heterocycles. The van der Waals surface area contributed by atoms with Crippen molar-refractivity contribution in [1.82, 2.24) is 29.9 Å². The summed E-state index contributed by atoms with van der Waals surface area (Å²) >= 11 is 0. The summed E-state index contributed by atoms with van der Waals surface area (Å²) in [5.74, 6) is 0.532. The van der Waals surface area contributed by atoms with Crippen LogP contribution in [0.1, 0.15) is 19.2 Å². The van der Waals surface area contributed by atoms with Crippen molar-refractivity contribution in [2.75, 3.05) is 0 Å². The highest BCUT2D eigenvalue weighted by Gasteiger charge is 2.16. The molecule has 0 aliphatic rings. The molecule has 0 saturated carbocycles. The largest absolute Gasteiger partial charge is 0.338 e. The van der Waals surface area contributed by atoms with Crippen molar-refractivity contribution in [3.05, 3.63) is 54.4 Å². The van der Waals surface area contributed by atoms with Crippen molar-refractivity contribution in [2.24, 2.45) is 0 Å². The van der Waals surface area contributed by atoms with Gasteiger partial charge in [-0.2, -0.15) is 4.98 Å². The van der Waals surface area contributed by atoms with Crippen molar-refractivity contribution in [1.29, 1.82) is 0 Å². The lowest BCUT2D eigenvalue weighted by Gasteiger charge is -2.03. The lowest BCUT2D eigenvalue weighted by molar-refractivity contribution is 0.376. The Morgan fingerprint density at radius 1 is 1.14 bits per heavy atom. The van der Waals surface area contributed by atoms with Gasteiger partial charge in [0.1, 0.15) is 5.52 Å². The molecule has 2 heterocycles. The lowest BCUT2D eigenvalue weighted by Crippen LogP contribution is -2.23. The minimum absolute atomic E-state index is 0.0981. The van der Waals surface area contributed by atoms with Gasteiger partial charge in [0.15, 0.2) is 0 Å². The van der Waals surface area contributed by atoms with Crippen molar-refractivity contribution in [2.45, 2.75) is 31.3 Å². The first-order valence-electron chi connectivity index (χ1n) is 8.78. The van der Waals surface area contributed by atoms with E-state index in [1.807, 2.05) is 22.9 Å². The molecule has 4 aromatic rings. The second-order valence-corrected chi connectivity index (χ2v) is 7.93. The van der Waals surface area contributed by atoms with E-state index in [9.17, 15) is 8.42 Å². The summed E-state index contributed by atoms with van der Waals surface area (Å²) in [5.41, 5.74) is 2.39. The number of nitrogens with zero attached hydrogens (tertiary/aromatic N) is 5. The number of hydrogen-bond acceptors (Lipinski definition) is 7. The summed E-state index contributed by atoms with van der Waals surface area (Å²) in [6.07, 6.45) is 0.966. The van der Waals surface area contributed by atoms with E-state index in [1.54, 1.807) is 18.2 Å². The van der Waals surface area contributed by atoms with E-state index in [4.69, 9.17) is 4.52 Å². The third kappa shape index (κ3) is 3.64. The van der Waals surface area contributed by atoms with E-state index in [1.165, 1.54) is 12.1 Å². The Labute approximate surface area is 161 Å². The maximum atomic E-state index is 12.3. The normalized spacial score (nSPS) is 11.9.